The van der Waals surface area contributed by atoms with Gasteiger partial charge >= 0.3 is 5.97 Å². The van der Waals surface area contributed by atoms with Crippen LogP contribution in [0.25, 0.3) is 0 Å². The number of amides is 1. The highest BCUT2D eigenvalue weighted by Crippen LogP contribution is 2.31. The summed E-state index contributed by atoms with van der Waals surface area (Å²) < 4.78 is 0. The van der Waals surface area contributed by atoms with Crippen LogP contribution in [0, 0.1) is 0 Å². The zero-order valence-electron chi connectivity index (χ0n) is 12.1. The van der Waals surface area contributed by atoms with E-state index in [2.05, 4.69) is 5.32 Å². The highest BCUT2D eigenvalue weighted by molar-refractivity contribution is 6.35. The standard InChI is InChI=1S/C15H19Cl2NO3/c1-15(2,11-7-6-10(16)8-12(11)17)9-18-13(19)4-3-5-14(20)21/h6-8H,3-5,9H2,1-2H3,(H,18,19)(H,20,21). The summed E-state index contributed by atoms with van der Waals surface area (Å²) in [7, 11) is 0. The fourth-order valence-corrected chi connectivity index (χ4v) is 2.61. The van der Waals surface area contributed by atoms with Crippen molar-refractivity contribution in [1.29, 1.82) is 0 Å². The minimum atomic E-state index is -0.893. The lowest BCUT2D eigenvalue weighted by Crippen LogP contribution is -2.36. The monoisotopic (exact) mass is 331 g/mol. The number of carboxylic acid groups (broad SMARTS) is 1. The van der Waals surface area contributed by atoms with Gasteiger partial charge in [-0.05, 0) is 24.1 Å². The average Bonchev–Trinajstić information content (AvgIpc) is 2.35. The van der Waals surface area contributed by atoms with Crippen molar-refractivity contribution in [3.63, 3.8) is 0 Å². The van der Waals surface area contributed by atoms with Gasteiger partial charge in [-0.3, -0.25) is 9.59 Å². The van der Waals surface area contributed by atoms with Crippen LogP contribution < -0.4 is 5.32 Å². The van der Waals surface area contributed by atoms with Gasteiger partial charge in [-0.15, -0.1) is 0 Å². The Labute approximate surface area is 134 Å². The van der Waals surface area contributed by atoms with Gasteiger partial charge in [0.2, 0.25) is 5.91 Å². The third kappa shape index (κ3) is 5.94. The average molecular weight is 332 g/mol. The van der Waals surface area contributed by atoms with E-state index in [0.717, 1.165) is 5.56 Å². The molecule has 0 heterocycles. The number of halogens is 2. The molecular formula is C15H19Cl2NO3. The van der Waals surface area contributed by atoms with E-state index in [1.165, 1.54) is 0 Å². The largest absolute Gasteiger partial charge is 0.481 e. The maximum absolute atomic E-state index is 11.7. The molecule has 1 rings (SSSR count). The van der Waals surface area contributed by atoms with Crippen LogP contribution in [0.2, 0.25) is 10.0 Å². The Hall–Kier alpha value is -1.26. The number of rotatable bonds is 7. The molecule has 0 saturated carbocycles. The van der Waals surface area contributed by atoms with Crippen molar-refractivity contribution in [3.8, 4) is 0 Å². The molecule has 0 radical (unpaired) electrons. The molecule has 0 unspecified atom stereocenters. The molecule has 0 bridgehead atoms. The Morgan fingerprint density at radius 3 is 2.48 bits per heavy atom. The van der Waals surface area contributed by atoms with Crippen LogP contribution in [-0.2, 0) is 15.0 Å². The number of nitrogens with one attached hydrogen (secondary N) is 1. The molecule has 4 nitrogen and oxygen atoms in total. The number of carbonyl (C=O) groups excluding carboxylic acids is 1. The van der Waals surface area contributed by atoms with E-state index in [4.69, 9.17) is 28.3 Å². The van der Waals surface area contributed by atoms with E-state index < -0.39 is 5.97 Å². The zero-order chi connectivity index (χ0) is 16.0. The molecule has 0 saturated heterocycles. The van der Waals surface area contributed by atoms with Crippen molar-refractivity contribution in [2.24, 2.45) is 0 Å². The minimum absolute atomic E-state index is 0.000173. The lowest BCUT2D eigenvalue weighted by molar-refractivity contribution is -0.137. The Bertz CT molecular complexity index is 530. The maximum Gasteiger partial charge on any atom is 0.303 e. The number of carbonyl (C=O) groups is 2. The van der Waals surface area contributed by atoms with Crippen LogP contribution in [0.15, 0.2) is 18.2 Å². The van der Waals surface area contributed by atoms with E-state index in [1.54, 1.807) is 12.1 Å². The SMILES string of the molecule is CC(C)(CNC(=O)CCCC(=O)O)c1ccc(Cl)cc1Cl. The summed E-state index contributed by atoms with van der Waals surface area (Å²) in [5, 5.41) is 12.5. The Kier molecular flexibility index (Phi) is 6.49. The topological polar surface area (TPSA) is 66.4 Å². The number of carboxylic acids is 1. The number of hydrogen-bond donors (Lipinski definition) is 2. The van der Waals surface area contributed by atoms with Crippen molar-refractivity contribution in [3.05, 3.63) is 33.8 Å². The van der Waals surface area contributed by atoms with Crippen LogP contribution in [-0.4, -0.2) is 23.5 Å². The quantitative estimate of drug-likeness (QED) is 0.801. The number of aliphatic carboxylic acids is 1. The summed E-state index contributed by atoms with van der Waals surface area (Å²) in [6.45, 7) is 4.36. The summed E-state index contributed by atoms with van der Waals surface area (Å²) >= 11 is 12.1. The fraction of sp³-hybridized carbons (Fsp3) is 0.467. The molecule has 116 valence electrons. The van der Waals surface area contributed by atoms with Crippen LogP contribution in [0.4, 0.5) is 0 Å². The Morgan fingerprint density at radius 1 is 1.24 bits per heavy atom. The number of hydrogen-bond acceptors (Lipinski definition) is 2. The molecule has 0 atom stereocenters. The van der Waals surface area contributed by atoms with Gasteiger partial charge in [-0.1, -0.05) is 43.1 Å². The van der Waals surface area contributed by atoms with Gasteiger partial charge in [-0.2, -0.15) is 0 Å². The summed E-state index contributed by atoms with van der Waals surface area (Å²) in [5.74, 6) is -1.05. The molecule has 0 aliphatic heterocycles. The molecule has 21 heavy (non-hydrogen) atoms. The lowest BCUT2D eigenvalue weighted by Gasteiger charge is -2.27. The highest BCUT2D eigenvalue weighted by Gasteiger charge is 2.24. The maximum atomic E-state index is 11.7. The summed E-state index contributed by atoms with van der Waals surface area (Å²) in [6.07, 6.45) is 0.542. The predicted molar refractivity (Wildman–Crippen MR) is 84.0 cm³/mol. The van der Waals surface area contributed by atoms with Gasteiger partial charge in [0.25, 0.3) is 0 Å². The van der Waals surface area contributed by atoms with Gasteiger partial charge in [0, 0.05) is 34.8 Å². The molecule has 0 fully saturated rings. The molecule has 0 aromatic heterocycles. The third-order valence-electron chi connectivity index (χ3n) is 3.18. The molecule has 0 spiro atoms. The van der Waals surface area contributed by atoms with E-state index in [1.807, 2.05) is 19.9 Å². The van der Waals surface area contributed by atoms with Gasteiger partial charge < -0.3 is 10.4 Å². The second-order valence-corrected chi connectivity index (χ2v) is 6.38. The Balaban J connectivity index is 2.56. The molecule has 1 aromatic rings. The van der Waals surface area contributed by atoms with Crippen molar-refractivity contribution in [2.45, 2.75) is 38.5 Å². The van der Waals surface area contributed by atoms with Gasteiger partial charge in [0.15, 0.2) is 0 Å². The zero-order valence-corrected chi connectivity index (χ0v) is 13.6. The Morgan fingerprint density at radius 2 is 1.90 bits per heavy atom. The van der Waals surface area contributed by atoms with Crippen molar-refractivity contribution in [1.82, 2.24) is 5.32 Å². The molecule has 0 aliphatic rings. The second kappa shape index (κ2) is 7.66. The van der Waals surface area contributed by atoms with Crippen LogP contribution >= 0.6 is 23.2 Å². The van der Waals surface area contributed by atoms with Crippen LogP contribution in [0.1, 0.15) is 38.7 Å². The highest BCUT2D eigenvalue weighted by atomic mass is 35.5. The van der Waals surface area contributed by atoms with E-state index >= 15 is 0 Å². The molecule has 1 amide bonds. The number of benzene rings is 1. The van der Waals surface area contributed by atoms with Gasteiger partial charge in [0.1, 0.15) is 0 Å². The first-order valence-electron chi connectivity index (χ1n) is 6.66. The summed E-state index contributed by atoms with van der Waals surface area (Å²) in [4.78, 5) is 22.1. The fourth-order valence-electron chi connectivity index (χ4n) is 1.94. The van der Waals surface area contributed by atoms with E-state index in [0.29, 0.717) is 23.0 Å². The lowest BCUT2D eigenvalue weighted by atomic mass is 9.84. The molecule has 2 N–H and O–H groups in total. The normalized spacial score (nSPS) is 11.2. The first kappa shape index (κ1) is 17.8. The van der Waals surface area contributed by atoms with Crippen LogP contribution in [0.5, 0.6) is 0 Å². The van der Waals surface area contributed by atoms with Crippen molar-refractivity contribution >= 4 is 35.1 Å². The third-order valence-corrected chi connectivity index (χ3v) is 3.73. The summed E-state index contributed by atoms with van der Waals surface area (Å²) in [5.41, 5.74) is 0.559. The molecule has 0 aliphatic carbocycles. The predicted octanol–water partition coefficient (Wildman–Crippen LogP) is 3.64. The smallest absolute Gasteiger partial charge is 0.303 e. The molecule has 6 heteroatoms. The van der Waals surface area contributed by atoms with Gasteiger partial charge in [-0.25, -0.2) is 0 Å². The summed E-state index contributed by atoms with van der Waals surface area (Å²) in [6, 6.07) is 5.29. The van der Waals surface area contributed by atoms with Crippen LogP contribution in [0.3, 0.4) is 0 Å². The van der Waals surface area contributed by atoms with Gasteiger partial charge in [0.05, 0.1) is 0 Å². The van der Waals surface area contributed by atoms with Crippen molar-refractivity contribution < 1.29 is 14.7 Å². The van der Waals surface area contributed by atoms with E-state index in [9.17, 15) is 9.59 Å². The van der Waals surface area contributed by atoms with E-state index in [-0.39, 0.29) is 24.2 Å². The molecule has 1 aromatic carbocycles. The van der Waals surface area contributed by atoms with Crippen molar-refractivity contribution in [2.75, 3.05) is 6.54 Å². The second-order valence-electron chi connectivity index (χ2n) is 5.53. The minimum Gasteiger partial charge on any atom is -0.481 e. The first-order valence-corrected chi connectivity index (χ1v) is 7.42. The molecular weight excluding hydrogens is 313 g/mol. The first-order chi connectivity index (χ1) is 9.72.